The van der Waals surface area contributed by atoms with Gasteiger partial charge in [0, 0.05) is 51.1 Å². The average molecular weight is 481 g/mol. The maximum atomic E-state index is 13.4. The third kappa shape index (κ3) is 4.32. The van der Waals surface area contributed by atoms with Crippen molar-refractivity contribution in [2.75, 3.05) is 46.8 Å². The number of halogens is 2. The number of hydrogen-bond acceptors (Lipinski definition) is 7. The minimum atomic E-state index is -2.90. The summed E-state index contributed by atoms with van der Waals surface area (Å²) in [6.45, 7) is 4.17. The van der Waals surface area contributed by atoms with E-state index in [0.29, 0.717) is 26.2 Å². The van der Waals surface area contributed by atoms with E-state index >= 15 is 0 Å². The van der Waals surface area contributed by atoms with E-state index in [1.807, 2.05) is 34.7 Å². The summed E-state index contributed by atoms with van der Waals surface area (Å²) in [5.41, 5.74) is 4.96. The Morgan fingerprint density at radius 3 is 2.59 bits per heavy atom. The standard InChI is InChI=1S/C22H26F2N4O2S2/c1-15-3-4-16(13-27-7-9-32(29,30)10-8-27)11-18(15)19-5-6-20-21(25-19)26(2)31-28(20)14-17-12-22(17,23)24/h3-6,11,17H,7-10,12-14H2,1-2H3. The summed E-state index contributed by atoms with van der Waals surface area (Å²) in [5, 5.41) is 0. The highest BCUT2D eigenvalue weighted by Gasteiger charge is 2.57. The van der Waals surface area contributed by atoms with E-state index in [0.717, 1.165) is 33.9 Å². The molecule has 5 rings (SSSR count). The number of anilines is 2. The van der Waals surface area contributed by atoms with E-state index in [1.54, 1.807) is 0 Å². The second-order valence-corrected chi connectivity index (χ2v) is 12.4. The molecule has 0 spiro atoms. The smallest absolute Gasteiger partial charge is 0.253 e. The zero-order valence-corrected chi connectivity index (χ0v) is 19.7. The first kappa shape index (κ1) is 21.9. The Morgan fingerprint density at radius 2 is 1.91 bits per heavy atom. The Kier molecular flexibility index (Phi) is 5.37. The Labute approximate surface area is 191 Å². The van der Waals surface area contributed by atoms with Crippen LogP contribution in [0, 0.1) is 12.8 Å². The Balaban J connectivity index is 1.36. The molecule has 6 nitrogen and oxygen atoms in total. The minimum absolute atomic E-state index is 0.0381. The van der Waals surface area contributed by atoms with Gasteiger partial charge in [0.15, 0.2) is 15.7 Å². The summed E-state index contributed by atoms with van der Waals surface area (Å²) >= 11 is 1.41. The second-order valence-electron chi connectivity index (χ2n) is 8.92. The van der Waals surface area contributed by atoms with Gasteiger partial charge in [-0.25, -0.2) is 22.2 Å². The average Bonchev–Trinajstić information content (AvgIpc) is 3.22. The first-order chi connectivity index (χ1) is 15.1. The van der Waals surface area contributed by atoms with Crippen LogP contribution in [0.5, 0.6) is 0 Å². The van der Waals surface area contributed by atoms with Gasteiger partial charge in [0.05, 0.1) is 35.0 Å². The third-order valence-corrected chi connectivity index (χ3v) is 8.98. The number of alkyl halides is 2. The number of hydrogen-bond donors (Lipinski definition) is 0. The quantitative estimate of drug-likeness (QED) is 0.604. The summed E-state index contributed by atoms with van der Waals surface area (Å²) in [4.78, 5) is 7.04. The van der Waals surface area contributed by atoms with Crippen LogP contribution in [0.2, 0.25) is 0 Å². The number of benzene rings is 1. The Morgan fingerprint density at radius 1 is 1.19 bits per heavy atom. The van der Waals surface area contributed by atoms with Crippen molar-refractivity contribution in [2.45, 2.75) is 25.8 Å². The van der Waals surface area contributed by atoms with Crippen LogP contribution < -0.4 is 8.61 Å². The lowest BCUT2D eigenvalue weighted by molar-refractivity contribution is 0.101. The highest BCUT2D eigenvalue weighted by atomic mass is 32.2. The van der Waals surface area contributed by atoms with Crippen molar-refractivity contribution in [3.63, 3.8) is 0 Å². The molecule has 2 fully saturated rings. The fourth-order valence-electron chi connectivity index (χ4n) is 4.26. The van der Waals surface area contributed by atoms with Gasteiger partial charge in [-0.2, -0.15) is 0 Å². The Bertz CT molecular complexity index is 1140. The summed E-state index contributed by atoms with van der Waals surface area (Å²) in [6.07, 6.45) is -0.0381. The van der Waals surface area contributed by atoms with Crippen LogP contribution in [0.1, 0.15) is 17.5 Å². The molecule has 3 heterocycles. The van der Waals surface area contributed by atoms with Crippen molar-refractivity contribution in [1.82, 2.24) is 9.88 Å². The molecular weight excluding hydrogens is 454 g/mol. The van der Waals surface area contributed by atoms with Gasteiger partial charge in [-0.1, -0.05) is 12.1 Å². The van der Waals surface area contributed by atoms with Crippen molar-refractivity contribution in [2.24, 2.45) is 5.92 Å². The highest BCUT2D eigenvalue weighted by Crippen LogP contribution is 2.52. The molecule has 1 unspecified atom stereocenters. The highest BCUT2D eigenvalue weighted by molar-refractivity contribution is 8.02. The van der Waals surface area contributed by atoms with Gasteiger partial charge < -0.3 is 0 Å². The molecule has 1 aromatic carbocycles. The van der Waals surface area contributed by atoms with E-state index in [-0.39, 0.29) is 17.9 Å². The number of fused-ring (bicyclic) bond motifs is 1. The fraction of sp³-hybridized carbons (Fsp3) is 0.500. The van der Waals surface area contributed by atoms with Crippen LogP contribution in [-0.4, -0.2) is 62.4 Å². The van der Waals surface area contributed by atoms with Gasteiger partial charge in [0.25, 0.3) is 5.92 Å². The van der Waals surface area contributed by atoms with Crippen LogP contribution in [0.4, 0.5) is 20.3 Å². The molecule has 0 N–H and O–H groups in total. The maximum absolute atomic E-state index is 13.4. The topological polar surface area (TPSA) is 56.8 Å². The van der Waals surface area contributed by atoms with Crippen molar-refractivity contribution in [1.29, 1.82) is 0 Å². The van der Waals surface area contributed by atoms with Crippen molar-refractivity contribution in [3.8, 4) is 11.3 Å². The van der Waals surface area contributed by atoms with Gasteiger partial charge in [0.2, 0.25) is 0 Å². The predicted molar refractivity (Wildman–Crippen MR) is 125 cm³/mol. The van der Waals surface area contributed by atoms with Crippen molar-refractivity contribution in [3.05, 3.63) is 41.5 Å². The molecule has 1 atom stereocenters. The summed E-state index contributed by atoms with van der Waals surface area (Å²) in [7, 11) is -0.994. The number of rotatable bonds is 5. The number of sulfone groups is 1. The van der Waals surface area contributed by atoms with E-state index < -0.39 is 21.7 Å². The zero-order valence-electron chi connectivity index (χ0n) is 18.1. The minimum Gasteiger partial charge on any atom is -0.297 e. The third-order valence-electron chi connectivity index (χ3n) is 6.41. The molecule has 172 valence electrons. The molecule has 2 aromatic rings. The summed E-state index contributed by atoms with van der Waals surface area (Å²) in [5.74, 6) is -1.91. The fourth-order valence-corrected chi connectivity index (χ4v) is 6.52. The summed E-state index contributed by atoms with van der Waals surface area (Å²) < 4.78 is 54.0. The zero-order chi connectivity index (χ0) is 22.7. The number of pyridine rings is 1. The first-order valence-electron chi connectivity index (χ1n) is 10.7. The molecule has 32 heavy (non-hydrogen) atoms. The van der Waals surface area contributed by atoms with Crippen molar-refractivity contribution < 1.29 is 17.2 Å². The molecule has 0 radical (unpaired) electrons. The van der Waals surface area contributed by atoms with Gasteiger partial charge in [-0.15, -0.1) is 0 Å². The molecule has 10 heteroatoms. The molecule has 2 aliphatic heterocycles. The van der Waals surface area contributed by atoms with E-state index in [1.165, 1.54) is 12.1 Å². The first-order valence-corrected chi connectivity index (χ1v) is 13.3. The van der Waals surface area contributed by atoms with Crippen LogP contribution >= 0.6 is 12.1 Å². The van der Waals surface area contributed by atoms with E-state index in [9.17, 15) is 17.2 Å². The van der Waals surface area contributed by atoms with Crippen LogP contribution in [-0.2, 0) is 16.4 Å². The number of aryl methyl sites for hydroxylation is 1. The van der Waals surface area contributed by atoms with E-state index in [2.05, 4.69) is 23.1 Å². The second kappa shape index (κ2) is 7.85. The van der Waals surface area contributed by atoms with Crippen molar-refractivity contribution >= 4 is 33.5 Å². The van der Waals surface area contributed by atoms with Crippen LogP contribution in [0.25, 0.3) is 11.3 Å². The summed E-state index contributed by atoms with van der Waals surface area (Å²) in [6, 6.07) is 10.2. The largest absolute Gasteiger partial charge is 0.297 e. The Hall–Kier alpha value is -1.91. The van der Waals surface area contributed by atoms with E-state index in [4.69, 9.17) is 4.98 Å². The van der Waals surface area contributed by atoms with Gasteiger partial charge >= 0.3 is 0 Å². The van der Waals surface area contributed by atoms with Crippen LogP contribution in [0.15, 0.2) is 30.3 Å². The molecule has 3 aliphatic rings. The monoisotopic (exact) mass is 480 g/mol. The lowest BCUT2D eigenvalue weighted by Gasteiger charge is -2.26. The molecular formula is C22H26F2N4O2S2. The lowest BCUT2D eigenvalue weighted by Crippen LogP contribution is -2.39. The lowest BCUT2D eigenvalue weighted by atomic mass is 10.0. The SMILES string of the molecule is Cc1ccc(CN2CCS(=O)(=O)CC2)cc1-c1ccc2c(n1)N(C)SN2CC1CC1(F)F. The maximum Gasteiger partial charge on any atom is 0.253 e. The molecule has 1 saturated heterocycles. The van der Waals surface area contributed by atoms with Gasteiger partial charge in [-0.05, 0) is 36.2 Å². The van der Waals surface area contributed by atoms with Crippen LogP contribution in [0.3, 0.4) is 0 Å². The predicted octanol–water partition coefficient (Wildman–Crippen LogP) is 3.76. The molecule has 0 amide bonds. The van der Waals surface area contributed by atoms with Gasteiger partial charge in [-0.3, -0.25) is 13.5 Å². The molecule has 1 aromatic heterocycles. The van der Waals surface area contributed by atoms with Gasteiger partial charge in [0.1, 0.15) is 0 Å². The molecule has 0 bridgehead atoms. The number of nitrogens with zero attached hydrogens (tertiary/aromatic N) is 4. The normalized spacial score (nSPS) is 23.9. The molecule has 1 aliphatic carbocycles. The number of aromatic nitrogens is 1. The molecule has 1 saturated carbocycles.